The van der Waals surface area contributed by atoms with Crippen LogP contribution in [0, 0.1) is 0 Å². The second-order valence-corrected chi connectivity index (χ2v) is 7.33. The van der Waals surface area contributed by atoms with Crippen molar-refractivity contribution >= 4 is 49.1 Å². The summed E-state index contributed by atoms with van der Waals surface area (Å²) in [6.07, 6.45) is 0. The van der Waals surface area contributed by atoms with E-state index in [4.69, 9.17) is 4.74 Å². The van der Waals surface area contributed by atoms with Crippen LogP contribution in [0.5, 0.6) is 0 Å². The van der Waals surface area contributed by atoms with E-state index in [1.165, 1.54) is 11.3 Å². The summed E-state index contributed by atoms with van der Waals surface area (Å²) in [6, 6.07) is 19.3. The molecule has 5 aromatic rings. The van der Waals surface area contributed by atoms with Crippen molar-refractivity contribution < 1.29 is 9.53 Å². The van der Waals surface area contributed by atoms with Crippen molar-refractivity contribution in [3.05, 3.63) is 87.8 Å². The Kier molecular flexibility index (Phi) is 3.91. The molecule has 0 aliphatic carbocycles. The van der Waals surface area contributed by atoms with E-state index in [0.717, 1.165) is 21.5 Å². The number of fused-ring (bicyclic) bond motifs is 3. The molecule has 0 saturated carbocycles. The van der Waals surface area contributed by atoms with E-state index in [1.54, 1.807) is 6.07 Å². The fourth-order valence-electron chi connectivity index (χ4n) is 3.43. The molecule has 0 bridgehead atoms. The average Bonchev–Trinajstić information content (AvgIpc) is 3.19. The molecule has 0 radical (unpaired) electrons. The smallest absolute Gasteiger partial charge is 0.339 e. The highest BCUT2D eigenvalue weighted by Crippen LogP contribution is 2.29. The molecule has 2 heterocycles. The van der Waals surface area contributed by atoms with Gasteiger partial charge in [0.1, 0.15) is 17.1 Å². The van der Waals surface area contributed by atoms with Crippen LogP contribution in [-0.4, -0.2) is 15.9 Å². The summed E-state index contributed by atoms with van der Waals surface area (Å²) in [5.41, 5.74) is 0.907. The van der Waals surface area contributed by atoms with E-state index in [9.17, 15) is 9.59 Å². The molecule has 0 saturated heterocycles. The highest BCUT2D eigenvalue weighted by molar-refractivity contribution is 7.17. The normalized spacial score (nSPS) is 11.3. The lowest BCUT2D eigenvalue weighted by atomic mass is 9.97. The van der Waals surface area contributed by atoms with Crippen molar-refractivity contribution in [2.45, 2.75) is 6.61 Å². The number of carbonyl (C=O) groups is 1. The van der Waals surface area contributed by atoms with Crippen molar-refractivity contribution in [3.63, 3.8) is 0 Å². The highest BCUT2D eigenvalue weighted by atomic mass is 32.1. The SMILES string of the molecule is O=C(OCc1nc2ccsc2c(=O)[nH]1)c1c2ccccc2cc2ccccc12. The van der Waals surface area contributed by atoms with Gasteiger partial charge in [0, 0.05) is 0 Å². The molecule has 0 amide bonds. The lowest BCUT2D eigenvalue weighted by Gasteiger charge is -2.11. The number of benzene rings is 3. The molecule has 5 nitrogen and oxygen atoms in total. The Bertz CT molecular complexity index is 1360. The van der Waals surface area contributed by atoms with E-state index in [2.05, 4.69) is 16.0 Å². The van der Waals surface area contributed by atoms with Crippen LogP contribution in [0.1, 0.15) is 16.2 Å². The zero-order valence-corrected chi connectivity index (χ0v) is 15.5. The number of hydrogen-bond donors (Lipinski definition) is 1. The summed E-state index contributed by atoms with van der Waals surface area (Å²) in [6.45, 7) is -0.0998. The van der Waals surface area contributed by atoms with Gasteiger partial charge in [0.2, 0.25) is 0 Å². The van der Waals surface area contributed by atoms with Crippen LogP contribution in [0.15, 0.2) is 70.8 Å². The largest absolute Gasteiger partial charge is 0.454 e. The topological polar surface area (TPSA) is 72.0 Å². The monoisotopic (exact) mass is 386 g/mol. The molecular formula is C22H14N2O3S. The number of nitrogens with one attached hydrogen (secondary N) is 1. The van der Waals surface area contributed by atoms with Gasteiger partial charge in [-0.3, -0.25) is 4.79 Å². The summed E-state index contributed by atoms with van der Waals surface area (Å²) >= 11 is 1.33. The number of nitrogens with zero attached hydrogens (tertiary/aromatic N) is 1. The van der Waals surface area contributed by atoms with Gasteiger partial charge in [-0.05, 0) is 39.1 Å². The number of ether oxygens (including phenoxy) is 1. The van der Waals surface area contributed by atoms with Gasteiger partial charge in [0.05, 0.1) is 11.1 Å². The van der Waals surface area contributed by atoms with Gasteiger partial charge in [-0.1, -0.05) is 48.5 Å². The number of aromatic nitrogens is 2. The molecule has 6 heteroatoms. The van der Waals surface area contributed by atoms with Crippen LogP contribution >= 0.6 is 11.3 Å². The third-order valence-electron chi connectivity index (χ3n) is 4.68. The van der Waals surface area contributed by atoms with E-state index in [1.807, 2.05) is 53.9 Å². The van der Waals surface area contributed by atoms with Crippen molar-refractivity contribution in [1.82, 2.24) is 9.97 Å². The fourth-order valence-corrected chi connectivity index (χ4v) is 4.16. The number of esters is 1. The van der Waals surface area contributed by atoms with Gasteiger partial charge in [0.15, 0.2) is 0 Å². The first-order valence-electron chi connectivity index (χ1n) is 8.75. The average molecular weight is 386 g/mol. The highest BCUT2D eigenvalue weighted by Gasteiger charge is 2.17. The van der Waals surface area contributed by atoms with Crippen molar-refractivity contribution in [2.24, 2.45) is 0 Å². The van der Waals surface area contributed by atoms with Crippen LogP contribution < -0.4 is 5.56 Å². The summed E-state index contributed by atoms with van der Waals surface area (Å²) in [5.74, 6) is -0.116. The lowest BCUT2D eigenvalue weighted by Crippen LogP contribution is -2.14. The first-order chi connectivity index (χ1) is 13.7. The molecule has 0 aliphatic heterocycles. The standard InChI is InChI=1S/C22H14N2O3S/c25-21-20-17(9-10-28-20)23-18(24-21)12-27-22(26)19-15-7-3-1-5-13(15)11-14-6-2-4-8-16(14)19/h1-11H,12H2,(H,23,24,25). The van der Waals surface area contributed by atoms with Crippen LogP contribution in [0.4, 0.5) is 0 Å². The number of hydrogen-bond acceptors (Lipinski definition) is 5. The molecule has 5 rings (SSSR count). The van der Waals surface area contributed by atoms with Gasteiger partial charge < -0.3 is 9.72 Å². The fraction of sp³-hybridized carbons (Fsp3) is 0.0455. The number of aromatic amines is 1. The predicted octanol–water partition coefficient (Wildman–Crippen LogP) is 4.65. The zero-order valence-electron chi connectivity index (χ0n) is 14.6. The molecule has 0 atom stereocenters. The number of carbonyl (C=O) groups excluding carboxylic acids is 1. The summed E-state index contributed by atoms with van der Waals surface area (Å²) in [7, 11) is 0. The van der Waals surface area contributed by atoms with Gasteiger partial charge in [-0.15, -0.1) is 11.3 Å². The minimum atomic E-state index is -0.443. The second-order valence-electron chi connectivity index (χ2n) is 6.42. The maximum absolute atomic E-state index is 13.0. The Labute approximate surface area is 163 Å². The molecule has 3 aromatic carbocycles. The van der Waals surface area contributed by atoms with Crippen molar-refractivity contribution in [3.8, 4) is 0 Å². The van der Waals surface area contributed by atoms with Crippen molar-refractivity contribution in [2.75, 3.05) is 0 Å². The van der Waals surface area contributed by atoms with Crippen LogP contribution in [0.25, 0.3) is 31.8 Å². The Morgan fingerprint density at radius 2 is 1.68 bits per heavy atom. The Hall–Kier alpha value is -3.51. The molecular weight excluding hydrogens is 372 g/mol. The maximum atomic E-state index is 13.0. The van der Waals surface area contributed by atoms with E-state index < -0.39 is 5.97 Å². The number of thiophene rings is 1. The van der Waals surface area contributed by atoms with Gasteiger partial charge >= 0.3 is 5.97 Å². The Morgan fingerprint density at radius 1 is 1.00 bits per heavy atom. The molecule has 2 aromatic heterocycles. The van der Waals surface area contributed by atoms with Crippen LogP contribution in [0.2, 0.25) is 0 Å². The van der Waals surface area contributed by atoms with E-state index >= 15 is 0 Å². The first kappa shape index (κ1) is 16.6. The Balaban J connectivity index is 1.55. The summed E-state index contributed by atoms with van der Waals surface area (Å²) in [4.78, 5) is 32.2. The molecule has 0 aliphatic rings. The third-order valence-corrected chi connectivity index (χ3v) is 5.58. The predicted molar refractivity (Wildman–Crippen MR) is 111 cm³/mol. The molecule has 0 unspecified atom stereocenters. The Morgan fingerprint density at radius 3 is 2.39 bits per heavy atom. The van der Waals surface area contributed by atoms with Crippen LogP contribution in [0.3, 0.4) is 0 Å². The molecule has 28 heavy (non-hydrogen) atoms. The zero-order chi connectivity index (χ0) is 19.1. The minimum absolute atomic E-state index is 0.0998. The second kappa shape index (κ2) is 6.58. The van der Waals surface area contributed by atoms with Gasteiger partial charge in [-0.2, -0.15) is 0 Å². The first-order valence-corrected chi connectivity index (χ1v) is 9.63. The lowest BCUT2D eigenvalue weighted by molar-refractivity contribution is 0.0467. The number of rotatable bonds is 3. The number of H-pyrrole nitrogens is 1. The van der Waals surface area contributed by atoms with Crippen LogP contribution in [-0.2, 0) is 11.3 Å². The molecule has 136 valence electrons. The summed E-state index contributed by atoms with van der Waals surface area (Å²) in [5, 5.41) is 5.42. The van der Waals surface area contributed by atoms with Crippen molar-refractivity contribution in [1.29, 1.82) is 0 Å². The molecule has 0 spiro atoms. The van der Waals surface area contributed by atoms with Gasteiger partial charge in [0.25, 0.3) is 5.56 Å². The van der Waals surface area contributed by atoms with E-state index in [-0.39, 0.29) is 12.2 Å². The molecule has 1 N–H and O–H groups in total. The summed E-state index contributed by atoms with van der Waals surface area (Å²) < 4.78 is 6.11. The molecule has 0 fully saturated rings. The minimum Gasteiger partial charge on any atom is -0.454 e. The van der Waals surface area contributed by atoms with Gasteiger partial charge in [-0.25, -0.2) is 9.78 Å². The van der Waals surface area contributed by atoms with E-state index in [0.29, 0.717) is 21.6 Å². The quantitative estimate of drug-likeness (QED) is 0.362. The maximum Gasteiger partial charge on any atom is 0.339 e. The third kappa shape index (κ3) is 2.75.